The Hall–Kier alpha value is -1.35. The zero-order valence-corrected chi connectivity index (χ0v) is 13.6. The SMILES string of the molecule is CN(C)S(=O)(=O)c1ccccc1Sc1ncc(CO)n1C. The van der Waals surface area contributed by atoms with Crippen molar-refractivity contribution in [3.8, 4) is 0 Å². The summed E-state index contributed by atoms with van der Waals surface area (Å²) in [4.78, 5) is 5.05. The van der Waals surface area contributed by atoms with Crippen LogP contribution in [0.3, 0.4) is 0 Å². The first-order valence-corrected chi connectivity index (χ1v) is 8.44. The van der Waals surface area contributed by atoms with Crippen molar-refractivity contribution in [3.63, 3.8) is 0 Å². The molecule has 2 rings (SSSR count). The van der Waals surface area contributed by atoms with E-state index in [2.05, 4.69) is 4.98 Å². The standard InChI is InChI=1S/C13H17N3O3S2/c1-15(2)21(18,19)12-7-5-4-6-11(12)20-13-14-8-10(9-17)16(13)3/h4-8,17H,9H2,1-3H3. The summed E-state index contributed by atoms with van der Waals surface area (Å²) in [6.45, 7) is -0.109. The maximum Gasteiger partial charge on any atom is 0.243 e. The third-order valence-electron chi connectivity index (χ3n) is 3.01. The molecule has 0 aliphatic rings. The van der Waals surface area contributed by atoms with Gasteiger partial charge in [0.2, 0.25) is 10.0 Å². The number of benzene rings is 1. The van der Waals surface area contributed by atoms with E-state index in [0.29, 0.717) is 15.7 Å². The molecule has 1 N–H and O–H groups in total. The second-order valence-electron chi connectivity index (χ2n) is 4.59. The smallest absolute Gasteiger partial charge is 0.243 e. The van der Waals surface area contributed by atoms with E-state index in [-0.39, 0.29) is 11.5 Å². The van der Waals surface area contributed by atoms with E-state index in [9.17, 15) is 13.5 Å². The summed E-state index contributed by atoms with van der Waals surface area (Å²) in [7, 11) is 1.27. The lowest BCUT2D eigenvalue weighted by atomic mass is 10.4. The van der Waals surface area contributed by atoms with E-state index in [0.717, 1.165) is 0 Å². The van der Waals surface area contributed by atoms with Crippen molar-refractivity contribution in [2.24, 2.45) is 7.05 Å². The van der Waals surface area contributed by atoms with Crippen LogP contribution in [-0.2, 0) is 23.7 Å². The van der Waals surface area contributed by atoms with E-state index in [1.807, 2.05) is 0 Å². The predicted octanol–water partition coefficient (Wildman–Crippen LogP) is 1.31. The molecule has 21 heavy (non-hydrogen) atoms. The van der Waals surface area contributed by atoms with Crippen LogP contribution < -0.4 is 0 Å². The first-order chi connectivity index (χ1) is 9.87. The molecule has 6 nitrogen and oxygen atoms in total. The van der Waals surface area contributed by atoms with Gasteiger partial charge in [-0.3, -0.25) is 0 Å². The van der Waals surface area contributed by atoms with Crippen LogP contribution in [0.1, 0.15) is 5.69 Å². The van der Waals surface area contributed by atoms with Crippen LogP contribution in [0.15, 0.2) is 45.4 Å². The van der Waals surface area contributed by atoms with E-state index in [1.54, 1.807) is 42.1 Å². The van der Waals surface area contributed by atoms with Crippen molar-refractivity contribution in [2.45, 2.75) is 21.6 Å². The van der Waals surface area contributed by atoms with Crippen LogP contribution in [0.5, 0.6) is 0 Å². The summed E-state index contributed by atoms with van der Waals surface area (Å²) in [5.41, 5.74) is 0.672. The Labute approximate surface area is 128 Å². The zero-order valence-electron chi connectivity index (χ0n) is 12.0. The van der Waals surface area contributed by atoms with E-state index in [1.165, 1.54) is 30.2 Å². The average molecular weight is 327 g/mol. The maximum atomic E-state index is 12.3. The van der Waals surface area contributed by atoms with Gasteiger partial charge in [0.25, 0.3) is 0 Å². The minimum atomic E-state index is -3.51. The van der Waals surface area contributed by atoms with Crippen LogP contribution >= 0.6 is 11.8 Å². The highest BCUT2D eigenvalue weighted by molar-refractivity contribution is 8.00. The fraction of sp³-hybridized carbons (Fsp3) is 0.308. The molecule has 0 atom stereocenters. The number of imidazole rings is 1. The van der Waals surface area contributed by atoms with Gasteiger partial charge >= 0.3 is 0 Å². The van der Waals surface area contributed by atoms with Gasteiger partial charge in [0.05, 0.1) is 23.4 Å². The Bertz CT molecular complexity index is 739. The van der Waals surface area contributed by atoms with Crippen LogP contribution in [0.2, 0.25) is 0 Å². The summed E-state index contributed by atoms with van der Waals surface area (Å²) in [5.74, 6) is 0. The predicted molar refractivity (Wildman–Crippen MR) is 80.6 cm³/mol. The molecule has 0 saturated heterocycles. The number of aliphatic hydroxyl groups is 1. The normalized spacial score (nSPS) is 12.0. The summed E-state index contributed by atoms with van der Waals surface area (Å²) in [5, 5.41) is 9.81. The van der Waals surface area contributed by atoms with Gasteiger partial charge in [-0.1, -0.05) is 23.9 Å². The van der Waals surface area contributed by atoms with Gasteiger partial charge < -0.3 is 9.67 Å². The van der Waals surface area contributed by atoms with Crippen LogP contribution in [0.4, 0.5) is 0 Å². The van der Waals surface area contributed by atoms with E-state index in [4.69, 9.17) is 0 Å². The molecule has 0 fully saturated rings. The third-order valence-corrected chi connectivity index (χ3v) is 6.15. The first-order valence-electron chi connectivity index (χ1n) is 6.18. The lowest BCUT2D eigenvalue weighted by Crippen LogP contribution is -2.22. The molecule has 1 aromatic heterocycles. The number of rotatable bonds is 5. The number of aromatic nitrogens is 2. The molecule has 0 aliphatic carbocycles. The minimum absolute atomic E-state index is 0.109. The van der Waals surface area contributed by atoms with Gasteiger partial charge in [-0.15, -0.1) is 0 Å². The van der Waals surface area contributed by atoms with Crippen molar-refractivity contribution in [1.29, 1.82) is 0 Å². The molecule has 8 heteroatoms. The molecule has 1 heterocycles. The van der Waals surface area contributed by atoms with Gasteiger partial charge in [0, 0.05) is 26.0 Å². The summed E-state index contributed by atoms with van der Waals surface area (Å²) in [6, 6.07) is 6.80. The summed E-state index contributed by atoms with van der Waals surface area (Å²) < 4.78 is 27.6. The molecular weight excluding hydrogens is 310 g/mol. The Kier molecular flexibility index (Phi) is 4.72. The van der Waals surface area contributed by atoms with E-state index >= 15 is 0 Å². The second kappa shape index (κ2) is 6.18. The van der Waals surface area contributed by atoms with Gasteiger partial charge in [-0.05, 0) is 12.1 Å². The lowest BCUT2D eigenvalue weighted by Gasteiger charge is -2.14. The van der Waals surface area contributed by atoms with Crippen molar-refractivity contribution < 1.29 is 13.5 Å². The van der Waals surface area contributed by atoms with Gasteiger partial charge in [-0.2, -0.15) is 0 Å². The van der Waals surface area contributed by atoms with Crippen molar-refractivity contribution in [1.82, 2.24) is 13.9 Å². The monoisotopic (exact) mass is 327 g/mol. The molecule has 0 radical (unpaired) electrons. The van der Waals surface area contributed by atoms with Gasteiger partial charge in [0.1, 0.15) is 0 Å². The van der Waals surface area contributed by atoms with E-state index < -0.39 is 10.0 Å². The summed E-state index contributed by atoms with van der Waals surface area (Å²) in [6.07, 6.45) is 1.57. The molecule has 1 aromatic carbocycles. The second-order valence-corrected chi connectivity index (χ2v) is 7.71. The molecule has 0 bridgehead atoms. The van der Waals surface area contributed by atoms with Crippen molar-refractivity contribution >= 4 is 21.8 Å². The highest BCUT2D eigenvalue weighted by Gasteiger charge is 2.22. The molecule has 0 amide bonds. The molecule has 0 aliphatic heterocycles. The van der Waals surface area contributed by atoms with Gasteiger partial charge in [0.15, 0.2) is 5.16 Å². The molecule has 0 unspecified atom stereocenters. The topological polar surface area (TPSA) is 75.4 Å². The number of hydrogen-bond donors (Lipinski definition) is 1. The maximum absolute atomic E-state index is 12.3. The average Bonchev–Trinajstić information content (AvgIpc) is 2.80. The Morgan fingerprint density at radius 1 is 1.33 bits per heavy atom. The van der Waals surface area contributed by atoms with Gasteiger partial charge in [-0.25, -0.2) is 17.7 Å². The number of aliphatic hydroxyl groups excluding tert-OH is 1. The molecule has 0 saturated carbocycles. The Morgan fingerprint density at radius 2 is 2.00 bits per heavy atom. The molecule has 114 valence electrons. The molecule has 2 aromatic rings. The highest BCUT2D eigenvalue weighted by Crippen LogP contribution is 2.33. The van der Waals surface area contributed by atoms with Crippen molar-refractivity contribution in [3.05, 3.63) is 36.2 Å². The number of nitrogens with zero attached hydrogens (tertiary/aromatic N) is 3. The number of sulfonamides is 1. The lowest BCUT2D eigenvalue weighted by molar-refractivity contribution is 0.271. The number of hydrogen-bond acceptors (Lipinski definition) is 5. The quantitative estimate of drug-likeness (QED) is 0.896. The Morgan fingerprint density at radius 3 is 2.57 bits per heavy atom. The van der Waals surface area contributed by atoms with Crippen molar-refractivity contribution in [2.75, 3.05) is 14.1 Å². The highest BCUT2D eigenvalue weighted by atomic mass is 32.2. The minimum Gasteiger partial charge on any atom is -0.390 e. The fourth-order valence-corrected chi connectivity index (χ4v) is 3.99. The molecular formula is C13H17N3O3S2. The van der Waals surface area contributed by atoms with Crippen LogP contribution in [-0.4, -0.2) is 41.5 Å². The van der Waals surface area contributed by atoms with Crippen LogP contribution in [0, 0.1) is 0 Å². The zero-order chi connectivity index (χ0) is 15.6. The first kappa shape index (κ1) is 16.0. The molecule has 0 spiro atoms. The van der Waals surface area contributed by atoms with Crippen LogP contribution in [0.25, 0.3) is 0 Å². The Balaban J connectivity index is 2.44. The fourth-order valence-electron chi connectivity index (χ4n) is 1.71. The summed E-state index contributed by atoms with van der Waals surface area (Å²) >= 11 is 1.26. The third kappa shape index (κ3) is 3.13. The largest absolute Gasteiger partial charge is 0.390 e.